The van der Waals surface area contributed by atoms with Gasteiger partial charge >= 0.3 is 0 Å². The zero-order valence-electron chi connectivity index (χ0n) is 9.97. The van der Waals surface area contributed by atoms with Gasteiger partial charge in [0, 0.05) is 19.3 Å². The fraction of sp³-hybridized carbons (Fsp3) is 0.500. The molecule has 0 aromatic carbocycles. The lowest BCUT2D eigenvalue weighted by Crippen LogP contribution is -2.30. The highest BCUT2D eigenvalue weighted by molar-refractivity contribution is 5.92. The molecule has 0 aliphatic rings. The van der Waals surface area contributed by atoms with E-state index >= 15 is 0 Å². The SMILES string of the molecule is Cc1cccc(C(=O)N(C)CCC(C)O)n1. The third kappa shape index (κ3) is 3.62. The van der Waals surface area contributed by atoms with Gasteiger partial charge < -0.3 is 10.0 Å². The fourth-order valence-electron chi connectivity index (χ4n) is 1.34. The Hall–Kier alpha value is -1.42. The summed E-state index contributed by atoms with van der Waals surface area (Å²) < 4.78 is 0. The Kier molecular flexibility index (Phi) is 4.43. The zero-order valence-corrected chi connectivity index (χ0v) is 9.97. The monoisotopic (exact) mass is 222 g/mol. The van der Waals surface area contributed by atoms with Crippen molar-refractivity contribution in [3.63, 3.8) is 0 Å². The second-order valence-electron chi connectivity index (χ2n) is 4.03. The van der Waals surface area contributed by atoms with Crippen molar-refractivity contribution >= 4 is 5.91 Å². The lowest BCUT2D eigenvalue weighted by atomic mass is 10.2. The maximum atomic E-state index is 11.9. The molecule has 0 fully saturated rings. The number of carbonyl (C=O) groups excluding carboxylic acids is 1. The maximum absolute atomic E-state index is 11.9. The second-order valence-corrected chi connectivity index (χ2v) is 4.03. The second kappa shape index (κ2) is 5.61. The van der Waals surface area contributed by atoms with Crippen LogP contribution in [0.3, 0.4) is 0 Å². The molecule has 4 nitrogen and oxygen atoms in total. The molecule has 1 aromatic rings. The fourth-order valence-corrected chi connectivity index (χ4v) is 1.34. The molecule has 16 heavy (non-hydrogen) atoms. The number of amides is 1. The Balaban J connectivity index is 2.63. The van der Waals surface area contributed by atoms with E-state index in [2.05, 4.69) is 4.98 Å². The van der Waals surface area contributed by atoms with Crippen LogP contribution in [0.25, 0.3) is 0 Å². The number of hydrogen-bond acceptors (Lipinski definition) is 3. The largest absolute Gasteiger partial charge is 0.393 e. The molecule has 0 saturated carbocycles. The van der Waals surface area contributed by atoms with Crippen LogP contribution in [0.15, 0.2) is 18.2 Å². The van der Waals surface area contributed by atoms with Crippen molar-refractivity contribution in [1.82, 2.24) is 9.88 Å². The lowest BCUT2D eigenvalue weighted by molar-refractivity contribution is 0.0763. The van der Waals surface area contributed by atoms with Gasteiger partial charge in [-0.25, -0.2) is 4.98 Å². The van der Waals surface area contributed by atoms with Gasteiger partial charge in [0.1, 0.15) is 5.69 Å². The lowest BCUT2D eigenvalue weighted by Gasteiger charge is -2.17. The Morgan fingerprint density at radius 2 is 2.25 bits per heavy atom. The number of pyridine rings is 1. The number of hydrogen-bond donors (Lipinski definition) is 1. The predicted octanol–water partition coefficient (Wildman–Crippen LogP) is 1.23. The Bertz CT molecular complexity index is 364. The van der Waals surface area contributed by atoms with Crippen LogP contribution in [-0.4, -0.2) is 40.6 Å². The molecule has 1 heterocycles. The van der Waals surface area contributed by atoms with Gasteiger partial charge in [-0.3, -0.25) is 4.79 Å². The van der Waals surface area contributed by atoms with Crippen LogP contribution < -0.4 is 0 Å². The predicted molar refractivity (Wildman–Crippen MR) is 62.2 cm³/mol. The van der Waals surface area contributed by atoms with Gasteiger partial charge in [0.05, 0.1) is 6.10 Å². The van der Waals surface area contributed by atoms with Gasteiger partial charge in [-0.1, -0.05) is 6.07 Å². The molecule has 0 aliphatic carbocycles. The molecule has 1 N–H and O–H groups in total. The van der Waals surface area contributed by atoms with Crippen molar-refractivity contribution in [2.45, 2.75) is 26.4 Å². The number of carbonyl (C=O) groups is 1. The molecule has 0 aliphatic heterocycles. The molecule has 4 heteroatoms. The summed E-state index contributed by atoms with van der Waals surface area (Å²) in [4.78, 5) is 17.6. The molecule has 1 rings (SSSR count). The Morgan fingerprint density at radius 3 is 2.81 bits per heavy atom. The van der Waals surface area contributed by atoms with E-state index in [1.807, 2.05) is 19.1 Å². The highest BCUT2D eigenvalue weighted by Gasteiger charge is 2.13. The third-order valence-electron chi connectivity index (χ3n) is 2.34. The van der Waals surface area contributed by atoms with Gasteiger partial charge in [0.15, 0.2) is 0 Å². The summed E-state index contributed by atoms with van der Waals surface area (Å²) in [6.07, 6.45) is 0.189. The van der Waals surface area contributed by atoms with Gasteiger partial charge in [0.2, 0.25) is 0 Å². The van der Waals surface area contributed by atoms with Gasteiger partial charge in [-0.15, -0.1) is 0 Å². The van der Waals surface area contributed by atoms with Crippen molar-refractivity contribution in [3.05, 3.63) is 29.6 Å². The van der Waals surface area contributed by atoms with Crippen LogP contribution in [0.4, 0.5) is 0 Å². The molecular formula is C12H18N2O2. The van der Waals surface area contributed by atoms with E-state index in [1.54, 1.807) is 24.9 Å². The summed E-state index contributed by atoms with van der Waals surface area (Å²) in [7, 11) is 1.72. The number of aryl methyl sites for hydroxylation is 1. The highest BCUT2D eigenvalue weighted by atomic mass is 16.3. The number of aliphatic hydroxyl groups excluding tert-OH is 1. The molecule has 0 radical (unpaired) electrons. The molecule has 1 atom stereocenters. The highest BCUT2D eigenvalue weighted by Crippen LogP contribution is 2.03. The van der Waals surface area contributed by atoms with Crippen molar-refractivity contribution in [2.24, 2.45) is 0 Å². The molecule has 1 aromatic heterocycles. The van der Waals surface area contributed by atoms with E-state index in [9.17, 15) is 4.79 Å². The minimum atomic E-state index is -0.388. The molecule has 0 spiro atoms. The molecule has 1 amide bonds. The van der Waals surface area contributed by atoms with E-state index in [0.29, 0.717) is 18.7 Å². The van der Waals surface area contributed by atoms with Crippen molar-refractivity contribution < 1.29 is 9.90 Å². The van der Waals surface area contributed by atoms with Crippen LogP contribution in [0, 0.1) is 6.92 Å². The van der Waals surface area contributed by atoms with Gasteiger partial charge in [0.25, 0.3) is 5.91 Å². The summed E-state index contributed by atoms with van der Waals surface area (Å²) in [5.41, 5.74) is 1.28. The van der Waals surface area contributed by atoms with Crippen molar-refractivity contribution in [2.75, 3.05) is 13.6 Å². The summed E-state index contributed by atoms with van der Waals surface area (Å²) in [6.45, 7) is 4.10. The average Bonchev–Trinajstić information content (AvgIpc) is 2.24. The number of aromatic nitrogens is 1. The minimum absolute atomic E-state index is 0.107. The minimum Gasteiger partial charge on any atom is -0.393 e. The maximum Gasteiger partial charge on any atom is 0.272 e. The summed E-state index contributed by atoms with van der Waals surface area (Å²) in [5.74, 6) is -0.107. The third-order valence-corrected chi connectivity index (χ3v) is 2.34. The average molecular weight is 222 g/mol. The Labute approximate surface area is 95.9 Å². The first-order chi connectivity index (χ1) is 7.50. The van der Waals surface area contributed by atoms with Crippen molar-refractivity contribution in [3.8, 4) is 0 Å². The van der Waals surface area contributed by atoms with Crippen LogP contribution in [-0.2, 0) is 0 Å². The first-order valence-corrected chi connectivity index (χ1v) is 5.38. The van der Waals surface area contributed by atoms with Crippen LogP contribution in [0.2, 0.25) is 0 Å². The number of nitrogens with zero attached hydrogens (tertiary/aromatic N) is 2. The number of aliphatic hydroxyl groups is 1. The number of rotatable bonds is 4. The summed E-state index contributed by atoms with van der Waals surface area (Å²) in [6, 6.07) is 5.37. The molecule has 0 bridgehead atoms. The van der Waals surface area contributed by atoms with Crippen LogP contribution >= 0.6 is 0 Å². The van der Waals surface area contributed by atoms with Crippen LogP contribution in [0.1, 0.15) is 29.5 Å². The zero-order chi connectivity index (χ0) is 12.1. The normalized spacial score (nSPS) is 12.2. The van der Waals surface area contributed by atoms with E-state index in [0.717, 1.165) is 5.69 Å². The first kappa shape index (κ1) is 12.6. The molecule has 88 valence electrons. The quantitative estimate of drug-likeness (QED) is 0.833. The first-order valence-electron chi connectivity index (χ1n) is 5.38. The van der Waals surface area contributed by atoms with Gasteiger partial charge in [-0.2, -0.15) is 0 Å². The molecule has 0 saturated heterocycles. The smallest absolute Gasteiger partial charge is 0.272 e. The summed E-state index contributed by atoms with van der Waals surface area (Å²) >= 11 is 0. The van der Waals surface area contributed by atoms with Gasteiger partial charge in [-0.05, 0) is 32.4 Å². The summed E-state index contributed by atoms with van der Waals surface area (Å²) in [5, 5.41) is 9.14. The van der Waals surface area contributed by atoms with E-state index in [-0.39, 0.29) is 12.0 Å². The van der Waals surface area contributed by atoms with E-state index in [1.165, 1.54) is 0 Å². The van der Waals surface area contributed by atoms with E-state index in [4.69, 9.17) is 5.11 Å². The van der Waals surface area contributed by atoms with E-state index < -0.39 is 0 Å². The van der Waals surface area contributed by atoms with Crippen molar-refractivity contribution in [1.29, 1.82) is 0 Å². The standard InChI is InChI=1S/C12H18N2O2/c1-9-5-4-6-11(13-9)12(16)14(3)8-7-10(2)15/h4-6,10,15H,7-8H2,1-3H3. The van der Waals surface area contributed by atoms with Crippen LogP contribution in [0.5, 0.6) is 0 Å². The molecule has 1 unspecified atom stereocenters. The Morgan fingerprint density at radius 1 is 1.56 bits per heavy atom. The molecular weight excluding hydrogens is 204 g/mol. The topological polar surface area (TPSA) is 53.4 Å².